The number of likely N-dealkylation sites (tertiary alicyclic amines) is 1. The lowest BCUT2D eigenvalue weighted by Gasteiger charge is -2.31. The first-order valence-corrected chi connectivity index (χ1v) is 10.1. The molecule has 0 atom stereocenters. The number of nitrogens with zero attached hydrogens (tertiary/aromatic N) is 1. The molecule has 28 heavy (non-hydrogen) atoms. The summed E-state index contributed by atoms with van der Waals surface area (Å²) < 4.78 is 10.7. The van der Waals surface area contributed by atoms with E-state index < -0.39 is 0 Å². The second kappa shape index (κ2) is 8.67. The fraction of sp³-hybridized carbons (Fsp3) is 0.545. The molecule has 0 saturated carbocycles. The Hall–Kier alpha value is -2.50. The molecular weight excluding hydrogens is 356 g/mol. The molecule has 2 heterocycles. The number of carbonyl (C=O) groups excluding carboxylic acids is 2. The van der Waals surface area contributed by atoms with Crippen molar-refractivity contribution in [1.82, 2.24) is 10.2 Å². The van der Waals surface area contributed by atoms with E-state index in [1.165, 1.54) is 11.1 Å². The Morgan fingerprint density at radius 3 is 2.64 bits per heavy atom. The van der Waals surface area contributed by atoms with Crippen LogP contribution in [0.25, 0.3) is 11.0 Å². The summed E-state index contributed by atoms with van der Waals surface area (Å²) in [4.78, 5) is 26.0. The van der Waals surface area contributed by atoms with Crippen molar-refractivity contribution in [3.63, 3.8) is 0 Å². The third-order valence-electron chi connectivity index (χ3n) is 5.40. The zero-order valence-electron chi connectivity index (χ0n) is 17.2. The van der Waals surface area contributed by atoms with Gasteiger partial charge in [-0.05, 0) is 55.9 Å². The molecule has 1 aromatic heterocycles. The van der Waals surface area contributed by atoms with E-state index in [4.69, 9.17) is 9.15 Å². The molecule has 1 fully saturated rings. The molecule has 1 saturated heterocycles. The van der Waals surface area contributed by atoms with Crippen molar-refractivity contribution in [3.05, 3.63) is 35.1 Å². The lowest BCUT2D eigenvalue weighted by molar-refractivity contribution is -0.121. The molecule has 2 aromatic rings. The van der Waals surface area contributed by atoms with Crippen molar-refractivity contribution in [1.29, 1.82) is 0 Å². The largest absolute Gasteiger partial charge is 0.464 e. The molecule has 0 spiro atoms. The van der Waals surface area contributed by atoms with E-state index in [1.807, 2.05) is 0 Å². The normalized spacial score (nSPS) is 15.2. The monoisotopic (exact) mass is 386 g/mol. The molecule has 1 N–H and O–H groups in total. The predicted octanol–water partition coefficient (Wildman–Crippen LogP) is 4.14. The van der Waals surface area contributed by atoms with Crippen LogP contribution in [0.2, 0.25) is 0 Å². The molecular formula is C22H30N2O4. The first-order valence-electron chi connectivity index (χ1n) is 10.1. The molecule has 1 aromatic carbocycles. The maximum absolute atomic E-state index is 12.6. The number of furan rings is 1. The van der Waals surface area contributed by atoms with Gasteiger partial charge in [-0.2, -0.15) is 0 Å². The van der Waals surface area contributed by atoms with Gasteiger partial charge in [-0.1, -0.05) is 13.8 Å². The predicted molar refractivity (Wildman–Crippen MR) is 109 cm³/mol. The summed E-state index contributed by atoms with van der Waals surface area (Å²) >= 11 is 0. The number of ether oxygens (including phenoxy) is 1. The summed E-state index contributed by atoms with van der Waals surface area (Å²) in [6, 6.07) is 4.29. The van der Waals surface area contributed by atoms with Crippen LogP contribution < -0.4 is 5.32 Å². The Morgan fingerprint density at radius 2 is 2.00 bits per heavy atom. The standard InChI is InChI=1S/C22H30N2O4/c1-5-27-22(26)24-8-6-17(7-9-24)23-21(25)11-16-13-28-20-10-15(4)18(14(2)3)12-19(16)20/h10,12-14,17H,5-9,11H2,1-4H3,(H,23,25). The first kappa shape index (κ1) is 20.2. The molecule has 6 heteroatoms. The summed E-state index contributed by atoms with van der Waals surface area (Å²) in [5.41, 5.74) is 4.23. The Bertz CT molecular complexity index is 848. The molecule has 0 bridgehead atoms. The van der Waals surface area contributed by atoms with Crippen LogP contribution in [0.4, 0.5) is 4.79 Å². The van der Waals surface area contributed by atoms with Crippen molar-refractivity contribution in [2.75, 3.05) is 19.7 Å². The maximum atomic E-state index is 12.6. The number of amides is 2. The fourth-order valence-corrected chi connectivity index (χ4v) is 3.88. The number of piperidine rings is 1. The van der Waals surface area contributed by atoms with Crippen LogP contribution in [-0.2, 0) is 16.0 Å². The van der Waals surface area contributed by atoms with Crippen LogP contribution in [0.5, 0.6) is 0 Å². The average molecular weight is 386 g/mol. The minimum Gasteiger partial charge on any atom is -0.464 e. The fourth-order valence-electron chi connectivity index (χ4n) is 3.88. The van der Waals surface area contributed by atoms with Crippen LogP contribution in [0.3, 0.4) is 0 Å². The highest BCUT2D eigenvalue weighted by atomic mass is 16.6. The number of rotatable bonds is 5. The highest BCUT2D eigenvalue weighted by Gasteiger charge is 2.25. The molecule has 3 rings (SSSR count). The van der Waals surface area contributed by atoms with Crippen molar-refractivity contribution in [2.24, 2.45) is 0 Å². The zero-order valence-corrected chi connectivity index (χ0v) is 17.2. The van der Waals surface area contributed by atoms with E-state index in [-0.39, 0.29) is 18.0 Å². The van der Waals surface area contributed by atoms with Crippen molar-refractivity contribution >= 4 is 23.0 Å². The number of fused-ring (bicyclic) bond motifs is 1. The van der Waals surface area contributed by atoms with Gasteiger partial charge in [-0.3, -0.25) is 4.79 Å². The van der Waals surface area contributed by atoms with E-state index in [2.05, 4.69) is 38.2 Å². The summed E-state index contributed by atoms with van der Waals surface area (Å²) in [6.45, 7) is 9.83. The summed E-state index contributed by atoms with van der Waals surface area (Å²) in [7, 11) is 0. The Morgan fingerprint density at radius 1 is 1.29 bits per heavy atom. The highest BCUT2D eigenvalue weighted by Crippen LogP contribution is 2.29. The van der Waals surface area contributed by atoms with E-state index in [0.29, 0.717) is 32.0 Å². The smallest absolute Gasteiger partial charge is 0.409 e. The molecule has 1 aliphatic rings. The number of hydrogen-bond donors (Lipinski definition) is 1. The molecule has 0 radical (unpaired) electrons. The summed E-state index contributed by atoms with van der Waals surface area (Å²) in [5, 5.41) is 4.12. The third kappa shape index (κ3) is 4.49. The SMILES string of the molecule is CCOC(=O)N1CCC(NC(=O)Cc2coc3cc(C)c(C(C)C)cc23)CC1. The third-order valence-corrected chi connectivity index (χ3v) is 5.40. The Kier molecular flexibility index (Phi) is 6.27. The number of nitrogens with one attached hydrogen (secondary N) is 1. The van der Waals surface area contributed by atoms with Gasteiger partial charge in [0.1, 0.15) is 5.58 Å². The van der Waals surface area contributed by atoms with Gasteiger partial charge in [-0.15, -0.1) is 0 Å². The van der Waals surface area contributed by atoms with Gasteiger partial charge in [0.2, 0.25) is 5.91 Å². The topological polar surface area (TPSA) is 71.8 Å². The number of carbonyl (C=O) groups is 2. The molecule has 0 aliphatic carbocycles. The van der Waals surface area contributed by atoms with Gasteiger partial charge in [0, 0.05) is 30.1 Å². The van der Waals surface area contributed by atoms with Gasteiger partial charge in [0.15, 0.2) is 0 Å². The van der Waals surface area contributed by atoms with Crippen LogP contribution in [0.1, 0.15) is 56.2 Å². The van der Waals surface area contributed by atoms with Crippen molar-refractivity contribution in [2.45, 2.75) is 58.9 Å². The van der Waals surface area contributed by atoms with E-state index in [1.54, 1.807) is 18.1 Å². The Labute approximate surface area is 166 Å². The molecule has 2 amide bonds. The van der Waals surface area contributed by atoms with Crippen LogP contribution >= 0.6 is 0 Å². The summed E-state index contributed by atoms with van der Waals surface area (Å²) in [5.74, 6) is 0.412. The molecule has 152 valence electrons. The maximum Gasteiger partial charge on any atom is 0.409 e. The molecule has 0 unspecified atom stereocenters. The number of aryl methyl sites for hydroxylation is 1. The molecule has 6 nitrogen and oxygen atoms in total. The second-order valence-corrected chi connectivity index (χ2v) is 7.83. The number of hydrogen-bond acceptors (Lipinski definition) is 4. The lowest BCUT2D eigenvalue weighted by Crippen LogP contribution is -2.47. The zero-order chi connectivity index (χ0) is 20.3. The number of benzene rings is 1. The first-order chi connectivity index (χ1) is 13.4. The lowest BCUT2D eigenvalue weighted by atomic mass is 9.95. The minimum atomic E-state index is -0.270. The Balaban J connectivity index is 1.60. The second-order valence-electron chi connectivity index (χ2n) is 7.83. The van der Waals surface area contributed by atoms with Gasteiger partial charge in [0.25, 0.3) is 0 Å². The van der Waals surface area contributed by atoms with Gasteiger partial charge in [-0.25, -0.2) is 4.79 Å². The van der Waals surface area contributed by atoms with Crippen molar-refractivity contribution in [3.8, 4) is 0 Å². The van der Waals surface area contributed by atoms with E-state index in [9.17, 15) is 9.59 Å². The minimum absolute atomic E-state index is 0.0102. The average Bonchev–Trinajstić information content (AvgIpc) is 3.03. The van der Waals surface area contributed by atoms with Gasteiger partial charge < -0.3 is 19.4 Å². The van der Waals surface area contributed by atoms with Crippen LogP contribution in [-0.4, -0.2) is 42.6 Å². The van der Waals surface area contributed by atoms with Crippen molar-refractivity contribution < 1.29 is 18.7 Å². The van der Waals surface area contributed by atoms with Gasteiger partial charge >= 0.3 is 6.09 Å². The highest BCUT2D eigenvalue weighted by molar-refractivity contribution is 5.88. The van der Waals surface area contributed by atoms with Gasteiger partial charge in [0.05, 0.1) is 19.3 Å². The van der Waals surface area contributed by atoms with Crippen LogP contribution in [0, 0.1) is 6.92 Å². The summed E-state index contributed by atoms with van der Waals surface area (Å²) in [6.07, 6.45) is 3.21. The quantitative estimate of drug-likeness (QED) is 0.838. The van der Waals surface area contributed by atoms with E-state index in [0.717, 1.165) is 29.4 Å². The van der Waals surface area contributed by atoms with Crippen LogP contribution in [0.15, 0.2) is 22.8 Å². The molecule has 1 aliphatic heterocycles. The van der Waals surface area contributed by atoms with E-state index >= 15 is 0 Å².